The topological polar surface area (TPSA) is 56.3 Å². The van der Waals surface area contributed by atoms with Crippen molar-refractivity contribution in [3.63, 3.8) is 0 Å². The second kappa shape index (κ2) is 7.27. The van der Waals surface area contributed by atoms with E-state index in [1.54, 1.807) is 18.4 Å². The Morgan fingerprint density at radius 2 is 1.84 bits per heavy atom. The molecule has 0 saturated heterocycles. The van der Waals surface area contributed by atoms with E-state index in [1.165, 1.54) is 0 Å². The van der Waals surface area contributed by atoms with Crippen LogP contribution in [-0.2, 0) is 0 Å². The van der Waals surface area contributed by atoms with Gasteiger partial charge in [0.15, 0.2) is 5.13 Å². The van der Waals surface area contributed by atoms with Gasteiger partial charge in [0.25, 0.3) is 0 Å². The van der Waals surface area contributed by atoms with Gasteiger partial charge < -0.3 is 14.8 Å². The Hall–Kier alpha value is -2.34. The number of aromatic nitrogens is 2. The first kappa shape index (κ1) is 17.5. The van der Waals surface area contributed by atoms with E-state index in [4.69, 9.17) is 14.5 Å². The monoisotopic (exact) mass is 357 g/mol. The Morgan fingerprint density at radius 1 is 1.04 bits per heavy atom. The molecule has 0 fully saturated rings. The van der Waals surface area contributed by atoms with E-state index in [-0.39, 0.29) is 6.10 Å². The molecule has 0 saturated carbocycles. The summed E-state index contributed by atoms with van der Waals surface area (Å²) in [6.45, 7) is 8.22. The third kappa shape index (κ3) is 4.02. The summed E-state index contributed by atoms with van der Waals surface area (Å²) in [5.74, 6) is 1.58. The lowest BCUT2D eigenvalue weighted by Gasteiger charge is -2.14. The van der Waals surface area contributed by atoms with Gasteiger partial charge in [-0.3, -0.25) is 0 Å². The second-order valence-electron chi connectivity index (χ2n) is 6.39. The Morgan fingerprint density at radius 3 is 2.52 bits per heavy atom. The molecule has 0 aliphatic carbocycles. The van der Waals surface area contributed by atoms with Crippen molar-refractivity contribution in [1.82, 2.24) is 9.97 Å². The summed E-state index contributed by atoms with van der Waals surface area (Å²) >= 11 is 1.58. The van der Waals surface area contributed by atoms with Gasteiger partial charge in [-0.1, -0.05) is 0 Å². The van der Waals surface area contributed by atoms with Gasteiger partial charge >= 0.3 is 0 Å². The van der Waals surface area contributed by atoms with E-state index in [1.807, 2.05) is 43.5 Å². The molecule has 5 nitrogen and oxygen atoms in total. The molecule has 0 radical (unpaired) electrons. The van der Waals surface area contributed by atoms with Crippen molar-refractivity contribution in [1.29, 1.82) is 0 Å². The Labute approximate surface area is 152 Å². The molecule has 0 amide bonds. The van der Waals surface area contributed by atoms with Crippen LogP contribution in [0.5, 0.6) is 11.5 Å². The van der Waals surface area contributed by atoms with Crippen LogP contribution in [0.2, 0.25) is 0 Å². The van der Waals surface area contributed by atoms with Crippen molar-refractivity contribution in [2.45, 2.75) is 39.8 Å². The predicted molar refractivity (Wildman–Crippen MR) is 104 cm³/mol. The quantitative estimate of drug-likeness (QED) is 0.675. The highest BCUT2D eigenvalue weighted by Crippen LogP contribution is 2.33. The summed E-state index contributed by atoms with van der Waals surface area (Å²) < 4.78 is 11.3. The molecule has 25 heavy (non-hydrogen) atoms. The van der Waals surface area contributed by atoms with Gasteiger partial charge in [0.2, 0.25) is 0 Å². The van der Waals surface area contributed by atoms with Gasteiger partial charge in [-0.25, -0.2) is 9.97 Å². The minimum Gasteiger partial charge on any atom is -0.497 e. The largest absolute Gasteiger partial charge is 0.497 e. The smallest absolute Gasteiger partial charge is 0.183 e. The molecule has 0 atom stereocenters. The lowest BCUT2D eigenvalue weighted by molar-refractivity contribution is 0.245. The summed E-state index contributed by atoms with van der Waals surface area (Å²) in [7, 11) is 1.65. The third-order valence-electron chi connectivity index (χ3n) is 3.52. The number of hydrogen-bond donors (Lipinski definition) is 1. The van der Waals surface area contributed by atoms with Gasteiger partial charge in [0.05, 0.1) is 24.4 Å². The molecule has 0 spiro atoms. The predicted octanol–water partition coefficient (Wildman–Crippen LogP) is 4.97. The van der Waals surface area contributed by atoms with E-state index in [2.05, 4.69) is 24.1 Å². The Kier molecular flexibility index (Phi) is 5.08. The maximum Gasteiger partial charge on any atom is 0.183 e. The second-order valence-corrected chi connectivity index (χ2v) is 7.25. The zero-order valence-corrected chi connectivity index (χ0v) is 16.0. The first-order valence-corrected chi connectivity index (χ1v) is 9.22. The molecule has 2 aromatic heterocycles. The van der Waals surface area contributed by atoms with Crippen molar-refractivity contribution in [3.05, 3.63) is 29.6 Å². The first-order chi connectivity index (χ1) is 12.0. The van der Waals surface area contributed by atoms with E-state index >= 15 is 0 Å². The lowest BCUT2D eigenvalue weighted by Crippen LogP contribution is -2.09. The van der Waals surface area contributed by atoms with Crippen LogP contribution in [0.25, 0.3) is 22.3 Å². The number of methoxy groups -OCH3 is 1. The average Bonchev–Trinajstić information content (AvgIpc) is 3.01. The molecule has 0 aliphatic heterocycles. The van der Waals surface area contributed by atoms with E-state index in [9.17, 15) is 0 Å². The van der Waals surface area contributed by atoms with Gasteiger partial charge in [-0.05, 0) is 39.8 Å². The van der Waals surface area contributed by atoms with Gasteiger partial charge in [0, 0.05) is 28.9 Å². The highest BCUT2D eigenvalue weighted by Gasteiger charge is 2.13. The maximum absolute atomic E-state index is 6.01. The third-order valence-corrected chi connectivity index (χ3v) is 4.29. The number of nitrogens with one attached hydrogen (secondary N) is 1. The van der Waals surface area contributed by atoms with Crippen LogP contribution in [0.3, 0.4) is 0 Å². The first-order valence-electron chi connectivity index (χ1n) is 8.34. The number of ether oxygens (including phenoxy) is 2. The van der Waals surface area contributed by atoms with Crippen molar-refractivity contribution in [2.75, 3.05) is 12.4 Å². The average molecular weight is 357 g/mol. The van der Waals surface area contributed by atoms with Gasteiger partial charge in [0.1, 0.15) is 17.2 Å². The number of anilines is 1. The molecule has 6 heteroatoms. The molecule has 2 heterocycles. The fourth-order valence-corrected chi connectivity index (χ4v) is 3.34. The minimum absolute atomic E-state index is 0.0779. The van der Waals surface area contributed by atoms with Crippen LogP contribution >= 0.6 is 11.3 Å². The number of thiazole rings is 1. The minimum atomic E-state index is 0.0779. The molecule has 0 bridgehead atoms. The summed E-state index contributed by atoms with van der Waals surface area (Å²) in [5, 5.41) is 7.20. The SMILES string of the molecule is COc1ccc2c(OC(C)C)cc(-c3csc(NC(C)C)n3)nc2c1. The maximum atomic E-state index is 6.01. The number of rotatable bonds is 6. The molecular formula is C19H23N3O2S. The molecule has 3 rings (SSSR count). The van der Waals surface area contributed by atoms with Crippen molar-refractivity contribution >= 4 is 27.4 Å². The molecule has 3 aromatic rings. The number of benzene rings is 1. The van der Waals surface area contributed by atoms with Crippen LogP contribution in [0, 0.1) is 0 Å². The molecule has 0 aliphatic rings. The Balaban J connectivity index is 2.09. The zero-order chi connectivity index (χ0) is 18.0. The van der Waals surface area contributed by atoms with Crippen molar-refractivity contribution < 1.29 is 9.47 Å². The molecular weight excluding hydrogens is 334 g/mol. The molecule has 1 N–H and O–H groups in total. The number of nitrogens with zero attached hydrogens (tertiary/aromatic N) is 2. The Bertz CT molecular complexity index is 874. The number of pyridine rings is 1. The van der Waals surface area contributed by atoms with E-state index in [0.717, 1.165) is 38.9 Å². The van der Waals surface area contributed by atoms with Crippen LogP contribution < -0.4 is 14.8 Å². The van der Waals surface area contributed by atoms with E-state index < -0.39 is 0 Å². The molecule has 1 aromatic carbocycles. The van der Waals surface area contributed by atoms with Crippen molar-refractivity contribution in [3.8, 4) is 22.9 Å². The lowest BCUT2D eigenvalue weighted by atomic mass is 10.1. The standard InChI is InChI=1S/C19H23N3O2S/c1-11(2)20-19-22-17(10-25-19)16-9-18(24-12(3)4)14-7-6-13(23-5)8-15(14)21-16/h6-12H,1-5H3,(H,20,22). The summed E-state index contributed by atoms with van der Waals surface area (Å²) in [4.78, 5) is 9.42. The number of hydrogen-bond acceptors (Lipinski definition) is 6. The highest BCUT2D eigenvalue weighted by molar-refractivity contribution is 7.14. The van der Waals surface area contributed by atoms with Crippen LogP contribution in [0.1, 0.15) is 27.7 Å². The van der Waals surface area contributed by atoms with E-state index in [0.29, 0.717) is 6.04 Å². The normalized spacial score (nSPS) is 11.3. The fourth-order valence-electron chi connectivity index (χ4n) is 2.49. The zero-order valence-electron chi connectivity index (χ0n) is 15.2. The highest BCUT2D eigenvalue weighted by atomic mass is 32.1. The van der Waals surface area contributed by atoms with Gasteiger partial charge in [-0.15, -0.1) is 11.3 Å². The van der Waals surface area contributed by atoms with Crippen LogP contribution in [0.15, 0.2) is 29.6 Å². The van der Waals surface area contributed by atoms with Crippen molar-refractivity contribution in [2.24, 2.45) is 0 Å². The number of fused-ring (bicyclic) bond motifs is 1. The van der Waals surface area contributed by atoms with Crippen LogP contribution in [0.4, 0.5) is 5.13 Å². The molecule has 0 unspecified atom stereocenters. The summed E-state index contributed by atoms with van der Waals surface area (Å²) in [5.41, 5.74) is 2.47. The van der Waals surface area contributed by atoms with Gasteiger partial charge in [-0.2, -0.15) is 0 Å². The summed E-state index contributed by atoms with van der Waals surface area (Å²) in [6.07, 6.45) is 0.0779. The summed E-state index contributed by atoms with van der Waals surface area (Å²) in [6, 6.07) is 8.13. The fraction of sp³-hybridized carbons (Fsp3) is 0.368. The van der Waals surface area contributed by atoms with Crippen LogP contribution in [-0.4, -0.2) is 29.2 Å². The molecule has 132 valence electrons.